The van der Waals surface area contributed by atoms with Crippen LogP contribution in [0.1, 0.15) is 24.8 Å². The van der Waals surface area contributed by atoms with Gasteiger partial charge in [-0.15, -0.1) is 12.4 Å². The summed E-state index contributed by atoms with van der Waals surface area (Å²) in [7, 11) is 1.58. The Morgan fingerprint density at radius 1 is 1.40 bits per heavy atom. The normalized spacial score (nSPS) is 23.2. The van der Waals surface area contributed by atoms with Gasteiger partial charge in [-0.2, -0.15) is 0 Å². The predicted octanol–water partition coefficient (Wildman–Crippen LogP) is 1.79. The van der Waals surface area contributed by atoms with Gasteiger partial charge in [-0.25, -0.2) is 0 Å². The Morgan fingerprint density at radius 2 is 2.05 bits per heavy atom. The van der Waals surface area contributed by atoms with Gasteiger partial charge >= 0.3 is 0 Å². The van der Waals surface area contributed by atoms with Crippen LogP contribution in [0, 0.1) is 0 Å². The highest BCUT2D eigenvalue weighted by Gasteiger charge is 2.35. The van der Waals surface area contributed by atoms with Crippen LogP contribution >= 0.6 is 12.4 Å². The lowest BCUT2D eigenvalue weighted by molar-refractivity contribution is -0.141. The first kappa shape index (κ1) is 17.0. The average molecular weight is 299 g/mol. The zero-order chi connectivity index (χ0) is 13.8. The van der Waals surface area contributed by atoms with Crippen LogP contribution in [0.15, 0.2) is 30.3 Å². The highest BCUT2D eigenvalue weighted by molar-refractivity contribution is 5.85. The summed E-state index contributed by atoms with van der Waals surface area (Å²) in [6.45, 7) is 3.25. The first-order valence-corrected chi connectivity index (χ1v) is 6.79. The molecule has 1 aliphatic heterocycles. The van der Waals surface area contributed by atoms with E-state index in [9.17, 15) is 4.79 Å². The second-order valence-corrected chi connectivity index (χ2v) is 5.06. The maximum Gasteiger partial charge on any atom is 0.251 e. The number of rotatable bonds is 4. The van der Waals surface area contributed by atoms with Gasteiger partial charge in [0.1, 0.15) is 6.10 Å². The van der Waals surface area contributed by atoms with Crippen molar-refractivity contribution in [1.82, 2.24) is 4.90 Å². The van der Waals surface area contributed by atoms with E-state index in [1.807, 2.05) is 30.0 Å². The summed E-state index contributed by atoms with van der Waals surface area (Å²) in [5.41, 5.74) is 7.39. The minimum Gasteiger partial charge on any atom is -0.372 e. The van der Waals surface area contributed by atoms with Gasteiger partial charge in [-0.1, -0.05) is 37.3 Å². The Kier molecular flexibility index (Phi) is 6.46. The topological polar surface area (TPSA) is 55.6 Å². The molecule has 0 aromatic heterocycles. The van der Waals surface area contributed by atoms with Crippen LogP contribution in [0.3, 0.4) is 0 Å². The maximum absolute atomic E-state index is 12.3. The van der Waals surface area contributed by atoms with Gasteiger partial charge < -0.3 is 15.4 Å². The number of halogens is 1. The quantitative estimate of drug-likeness (QED) is 0.922. The van der Waals surface area contributed by atoms with E-state index < -0.39 is 0 Å². The van der Waals surface area contributed by atoms with Gasteiger partial charge in [0.05, 0.1) is 0 Å². The van der Waals surface area contributed by atoms with E-state index >= 15 is 0 Å². The predicted molar refractivity (Wildman–Crippen MR) is 82.1 cm³/mol. The third-order valence-electron chi connectivity index (χ3n) is 3.84. The van der Waals surface area contributed by atoms with Gasteiger partial charge in [0, 0.05) is 32.2 Å². The lowest BCUT2D eigenvalue weighted by Crippen LogP contribution is -2.39. The van der Waals surface area contributed by atoms with E-state index in [0.29, 0.717) is 19.5 Å². The highest BCUT2D eigenvalue weighted by atomic mass is 35.5. The molecule has 1 fully saturated rings. The average Bonchev–Trinajstić information content (AvgIpc) is 2.83. The summed E-state index contributed by atoms with van der Waals surface area (Å²) in [6, 6.07) is 10.2. The molecule has 1 saturated heterocycles. The second kappa shape index (κ2) is 7.62. The fraction of sp³-hybridized carbons (Fsp3) is 0.533. The summed E-state index contributed by atoms with van der Waals surface area (Å²) in [4.78, 5) is 14.1. The number of hydrogen-bond acceptors (Lipinski definition) is 3. The molecule has 20 heavy (non-hydrogen) atoms. The molecule has 0 bridgehead atoms. The van der Waals surface area contributed by atoms with E-state index in [-0.39, 0.29) is 36.4 Å². The summed E-state index contributed by atoms with van der Waals surface area (Å²) in [6.07, 6.45) is 0.346. The lowest BCUT2D eigenvalue weighted by atomic mass is 9.95. The number of carbonyl (C=O) groups excluding carboxylic acids is 1. The van der Waals surface area contributed by atoms with Gasteiger partial charge in [-0.3, -0.25) is 4.79 Å². The Balaban J connectivity index is 0.00000200. The molecule has 0 spiro atoms. The fourth-order valence-corrected chi connectivity index (χ4v) is 2.71. The van der Waals surface area contributed by atoms with Crippen LogP contribution in [-0.2, 0) is 9.53 Å². The van der Waals surface area contributed by atoms with Crippen molar-refractivity contribution < 1.29 is 9.53 Å². The molecule has 1 aromatic carbocycles. The zero-order valence-corrected chi connectivity index (χ0v) is 12.8. The number of ether oxygens (including phenoxy) is 1. The minimum atomic E-state index is -0.346. The molecule has 1 heterocycles. The summed E-state index contributed by atoms with van der Waals surface area (Å²) in [5, 5.41) is 0. The lowest BCUT2D eigenvalue weighted by Gasteiger charge is -2.21. The smallest absolute Gasteiger partial charge is 0.251 e. The second-order valence-electron chi connectivity index (χ2n) is 5.06. The van der Waals surface area contributed by atoms with Crippen LogP contribution < -0.4 is 5.73 Å². The first-order chi connectivity index (χ1) is 9.17. The number of nitrogens with zero attached hydrogens (tertiary/aromatic N) is 1. The van der Waals surface area contributed by atoms with E-state index in [1.165, 1.54) is 5.56 Å². The van der Waals surface area contributed by atoms with E-state index in [0.717, 1.165) is 0 Å². The molecule has 112 valence electrons. The molecule has 1 amide bonds. The molecule has 1 aromatic rings. The van der Waals surface area contributed by atoms with Crippen molar-refractivity contribution in [1.29, 1.82) is 0 Å². The molecule has 5 heteroatoms. The molecule has 2 N–H and O–H groups in total. The molecule has 1 unspecified atom stereocenters. The van der Waals surface area contributed by atoms with Gasteiger partial charge in [0.15, 0.2) is 0 Å². The molecule has 0 aliphatic carbocycles. The molecule has 4 nitrogen and oxygen atoms in total. The number of nitrogens with two attached hydrogens (primary N) is 1. The van der Waals surface area contributed by atoms with Crippen LogP contribution in [0.5, 0.6) is 0 Å². The van der Waals surface area contributed by atoms with Crippen molar-refractivity contribution in [3.63, 3.8) is 0 Å². The van der Waals surface area contributed by atoms with E-state index in [2.05, 4.69) is 12.1 Å². The molecule has 2 rings (SSSR count). The molecule has 0 radical (unpaired) electrons. The van der Waals surface area contributed by atoms with Crippen molar-refractivity contribution in [3.8, 4) is 0 Å². The number of benzene rings is 1. The van der Waals surface area contributed by atoms with E-state index in [1.54, 1.807) is 7.11 Å². The van der Waals surface area contributed by atoms with Gasteiger partial charge in [0.25, 0.3) is 5.91 Å². The summed E-state index contributed by atoms with van der Waals surface area (Å²) >= 11 is 0. The molecular weight excluding hydrogens is 276 g/mol. The van der Waals surface area contributed by atoms with Crippen LogP contribution in [-0.4, -0.2) is 43.2 Å². The van der Waals surface area contributed by atoms with Crippen LogP contribution in [0.25, 0.3) is 0 Å². The Morgan fingerprint density at radius 3 is 2.60 bits per heavy atom. The standard InChI is InChI=1S/C15H22N2O2.ClH/c1-3-14(19-2)15(18)17-9-12(13(16)10-17)11-7-5-4-6-8-11;/h4-8,12-14H,3,9-10,16H2,1-2H3;1H/t12-,13+,14?;/m0./s1. The number of methoxy groups -OCH3 is 1. The molecule has 0 saturated carbocycles. The van der Waals surface area contributed by atoms with Crippen molar-refractivity contribution in [2.24, 2.45) is 5.73 Å². The molecular formula is C15H23ClN2O2. The molecule has 3 atom stereocenters. The Hall–Kier alpha value is -1.10. The summed E-state index contributed by atoms with van der Waals surface area (Å²) in [5.74, 6) is 0.276. The monoisotopic (exact) mass is 298 g/mol. The number of carbonyl (C=O) groups is 1. The first-order valence-electron chi connectivity index (χ1n) is 6.79. The maximum atomic E-state index is 12.3. The zero-order valence-electron chi connectivity index (χ0n) is 12.0. The third kappa shape index (κ3) is 3.51. The van der Waals surface area contributed by atoms with Gasteiger partial charge in [-0.05, 0) is 12.0 Å². The Labute approximate surface area is 126 Å². The van der Waals surface area contributed by atoms with E-state index in [4.69, 9.17) is 10.5 Å². The third-order valence-corrected chi connectivity index (χ3v) is 3.84. The van der Waals surface area contributed by atoms with Crippen LogP contribution in [0.4, 0.5) is 0 Å². The van der Waals surface area contributed by atoms with Gasteiger partial charge in [0.2, 0.25) is 0 Å². The van der Waals surface area contributed by atoms with Crippen molar-refractivity contribution in [3.05, 3.63) is 35.9 Å². The summed E-state index contributed by atoms with van der Waals surface area (Å²) < 4.78 is 5.22. The SMILES string of the molecule is CCC(OC)C(=O)N1C[C@@H](N)[C@H](c2ccccc2)C1.Cl. The van der Waals surface area contributed by atoms with Crippen molar-refractivity contribution in [2.45, 2.75) is 31.4 Å². The number of likely N-dealkylation sites (tertiary alicyclic amines) is 1. The number of hydrogen-bond donors (Lipinski definition) is 1. The van der Waals surface area contributed by atoms with Crippen LogP contribution in [0.2, 0.25) is 0 Å². The number of amides is 1. The highest BCUT2D eigenvalue weighted by Crippen LogP contribution is 2.27. The molecule has 1 aliphatic rings. The Bertz CT molecular complexity index is 423. The minimum absolute atomic E-state index is 0. The van der Waals surface area contributed by atoms with Crippen molar-refractivity contribution in [2.75, 3.05) is 20.2 Å². The largest absolute Gasteiger partial charge is 0.372 e. The fourth-order valence-electron chi connectivity index (χ4n) is 2.71. The van der Waals surface area contributed by atoms with Crippen molar-refractivity contribution >= 4 is 18.3 Å².